The molecule has 0 bridgehead atoms. The number of rotatable bonds is 5. The van der Waals surface area contributed by atoms with Gasteiger partial charge in [0.1, 0.15) is 24.4 Å². The summed E-state index contributed by atoms with van der Waals surface area (Å²) in [5.74, 6) is 0. The highest BCUT2D eigenvalue weighted by molar-refractivity contribution is 5.82. The number of nitrogens with one attached hydrogen (secondary N) is 1. The van der Waals surface area contributed by atoms with Crippen molar-refractivity contribution in [3.63, 3.8) is 0 Å². The molecule has 7 heteroatoms. The first kappa shape index (κ1) is 16.4. The lowest BCUT2D eigenvalue weighted by Crippen LogP contribution is -2.59. The zero-order chi connectivity index (χ0) is 16.4. The molecular weight excluding hydrogens is 302 g/mol. The van der Waals surface area contributed by atoms with Gasteiger partial charge >= 0.3 is 0 Å². The van der Waals surface area contributed by atoms with Crippen molar-refractivity contribution in [2.24, 2.45) is 0 Å². The van der Waals surface area contributed by atoms with Crippen molar-refractivity contribution in [1.82, 2.24) is 4.98 Å². The van der Waals surface area contributed by atoms with E-state index in [9.17, 15) is 15.3 Å². The first-order chi connectivity index (χ1) is 11.1. The molecule has 5 unspecified atom stereocenters. The number of para-hydroxylation sites is 1. The Kier molecular flexibility index (Phi) is 4.96. The van der Waals surface area contributed by atoms with Crippen LogP contribution >= 0.6 is 0 Å². The molecule has 1 aromatic heterocycles. The average Bonchev–Trinajstić information content (AvgIpc) is 2.98. The topological polar surface area (TPSA) is 115 Å². The molecule has 1 saturated heterocycles. The summed E-state index contributed by atoms with van der Waals surface area (Å²) in [5, 5.41) is 39.6. The molecule has 1 aliphatic heterocycles. The van der Waals surface area contributed by atoms with Gasteiger partial charge < -0.3 is 34.9 Å². The summed E-state index contributed by atoms with van der Waals surface area (Å²) in [5.41, 5.74) is 2.11. The lowest BCUT2D eigenvalue weighted by molar-refractivity contribution is -0.300. The van der Waals surface area contributed by atoms with E-state index in [2.05, 4.69) is 4.98 Å². The fourth-order valence-electron chi connectivity index (χ4n) is 2.83. The van der Waals surface area contributed by atoms with Crippen LogP contribution in [0.4, 0.5) is 0 Å². The number of H-pyrrole nitrogens is 1. The molecule has 2 aromatic rings. The third-order valence-electron chi connectivity index (χ3n) is 4.18. The summed E-state index contributed by atoms with van der Waals surface area (Å²) in [6.45, 7) is -0.197. The minimum atomic E-state index is -1.42. The average molecular weight is 323 g/mol. The highest BCUT2D eigenvalue weighted by Crippen LogP contribution is 2.23. The molecule has 3 rings (SSSR count). The summed E-state index contributed by atoms with van der Waals surface area (Å²) in [7, 11) is 0. The highest BCUT2D eigenvalue weighted by Gasteiger charge is 2.43. The molecule has 0 radical (unpaired) electrons. The van der Waals surface area contributed by atoms with Gasteiger partial charge in [0.05, 0.1) is 13.2 Å². The molecule has 1 aromatic carbocycles. The maximum Gasteiger partial charge on any atom is 0.186 e. The molecule has 0 spiro atoms. The molecular formula is C16H21NO6. The number of aliphatic hydroxyl groups excluding tert-OH is 4. The van der Waals surface area contributed by atoms with Crippen LogP contribution in [0.25, 0.3) is 10.9 Å². The van der Waals surface area contributed by atoms with Gasteiger partial charge in [0.15, 0.2) is 6.29 Å². The molecule has 7 nitrogen and oxygen atoms in total. The van der Waals surface area contributed by atoms with Crippen molar-refractivity contribution in [3.05, 3.63) is 36.0 Å². The molecule has 1 fully saturated rings. The Morgan fingerprint density at radius 1 is 1.09 bits per heavy atom. The van der Waals surface area contributed by atoms with Gasteiger partial charge in [-0.3, -0.25) is 0 Å². The van der Waals surface area contributed by atoms with E-state index in [0.29, 0.717) is 6.42 Å². The Labute approximate surface area is 133 Å². The van der Waals surface area contributed by atoms with E-state index >= 15 is 0 Å². The predicted octanol–water partition coefficient (Wildman–Crippen LogP) is -0.473. The summed E-state index contributed by atoms with van der Waals surface area (Å²) in [6, 6.07) is 7.90. The number of ether oxygens (including phenoxy) is 2. The van der Waals surface area contributed by atoms with Crippen LogP contribution in [0.3, 0.4) is 0 Å². The SMILES string of the molecule is OCC1OC(OCCc2c[nH]c3ccccc23)C(O)C(O)C1O. The second kappa shape index (κ2) is 6.96. The number of aliphatic hydroxyl groups is 4. The van der Waals surface area contributed by atoms with Crippen molar-refractivity contribution < 1.29 is 29.9 Å². The fraction of sp³-hybridized carbons (Fsp3) is 0.500. The highest BCUT2D eigenvalue weighted by atomic mass is 16.7. The van der Waals surface area contributed by atoms with E-state index in [0.717, 1.165) is 16.5 Å². The summed E-state index contributed by atoms with van der Waals surface area (Å²) in [6.07, 6.45) is -3.69. The molecule has 5 atom stereocenters. The van der Waals surface area contributed by atoms with Gasteiger partial charge in [-0.1, -0.05) is 18.2 Å². The Hall–Kier alpha value is -1.48. The first-order valence-electron chi connectivity index (χ1n) is 7.59. The molecule has 5 N–H and O–H groups in total. The summed E-state index contributed by atoms with van der Waals surface area (Å²) in [4.78, 5) is 3.17. The van der Waals surface area contributed by atoms with Crippen molar-refractivity contribution in [2.75, 3.05) is 13.2 Å². The number of aromatic nitrogens is 1. The number of hydrogen-bond donors (Lipinski definition) is 5. The quantitative estimate of drug-likeness (QED) is 0.508. The van der Waals surface area contributed by atoms with Gasteiger partial charge in [0, 0.05) is 17.1 Å². The van der Waals surface area contributed by atoms with E-state index in [1.165, 1.54) is 0 Å². The van der Waals surface area contributed by atoms with Crippen LogP contribution in [-0.2, 0) is 15.9 Å². The fourth-order valence-corrected chi connectivity index (χ4v) is 2.83. The van der Waals surface area contributed by atoms with Gasteiger partial charge in [-0.05, 0) is 18.1 Å². The van der Waals surface area contributed by atoms with Crippen LogP contribution in [0.1, 0.15) is 5.56 Å². The summed E-state index contributed by atoms with van der Waals surface area (Å²) >= 11 is 0. The van der Waals surface area contributed by atoms with Gasteiger partial charge in [0.2, 0.25) is 0 Å². The van der Waals surface area contributed by atoms with E-state index in [1.54, 1.807) is 0 Å². The molecule has 0 amide bonds. The second-order valence-electron chi connectivity index (χ2n) is 5.68. The van der Waals surface area contributed by atoms with Crippen molar-refractivity contribution in [3.8, 4) is 0 Å². The van der Waals surface area contributed by atoms with Gasteiger partial charge in [0.25, 0.3) is 0 Å². The van der Waals surface area contributed by atoms with E-state index in [4.69, 9.17) is 14.6 Å². The smallest absolute Gasteiger partial charge is 0.186 e. The normalized spacial score (nSPS) is 31.6. The zero-order valence-electron chi connectivity index (χ0n) is 12.5. The van der Waals surface area contributed by atoms with Crippen LogP contribution in [0.2, 0.25) is 0 Å². The standard InChI is InChI=1S/C16H21NO6/c18-8-12-13(19)14(20)15(21)16(23-12)22-6-5-9-7-17-11-4-2-1-3-10(9)11/h1-4,7,12-21H,5-6,8H2. The molecule has 0 saturated carbocycles. The Balaban J connectivity index is 1.59. The lowest BCUT2D eigenvalue weighted by atomic mass is 9.99. The van der Waals surface area contributed by atoms with Crippen LogP contribution < -0.4 is 0 Å². The van der Waals surface area contributed by atoms with Gasteiger partial charge in [-0.2, -0.15) is 0 Å². The lowest BCUT2D eigenvalue weighted by Gasteiger charge is -2.39. The molecule has 2 heterocycles. The Morgan fingerprint density at radius 3 is 2.65 bits per heavy atom. The Morgan fingerprint density at radius 2 is 1.87 bits per heavy atom. The van der Waals surface area contributed by atoms with Crippen molar-refractivity contribution in [2.45, 2.75) is 37.1 Å². The number of aromatic amines is 1. The number of fused-ring (bicyclic) bond motifs is 1. The molecule has 1 aliphatic rings. The largest absolute Gasteiger partial charge is 0.394 e. The minimum Gasteiger partial charge on any atom is -0.394 e. The third kappa shape index (κ3) is 3.25. The minimum absolute atomic E-state index is 0.268. The number of hydrogen-bond acceptors (Lipinski definition) is 6. The maximum absolute atomic E-state index is 9.90. The number of benzene rings is 1. The zero-order valence-corrected chi connectivity index (χ0v) is 12.5. The first-order valence-corrected chi connectivity index (χ1v) is 7.59. The summed E-state index contributed by atoms with van der Waals surface area (Å²) < 4.78 is 10.8. The van der Waals surface area contributed by atoms with Crippen LogP contribution in [0.15, 0.2) is 30.5 Å². The Bertz CT molecular complexity index is 642. The van der Waals surface area contributed by atoms with Gasteiger partial charge in [-0.25, -0.2) is 0 Å². The van der Waals surface area contributed by atoms with E-state index < -0.39 is 37.3 Å². The predicted molar refractivity (Wildman–Crippen MR) is 81.7 cm³/mol. The van der Waals surface area contributed by atoms with Crippen LogP contribution in [0.5, 0.6) is 0 Å². The third-order valence-corrected chi connectivity index (χ3v) is 4.18. The molecule has 0 aliphatic carbocycles. The second-order valence-corrected chi connectivity index (χ2v) is 5.68. The molecule has 23 heavy (non-hydrogen) atoms. The van der Waals surface area contributed by atoms with E-state index in [-0.39, 0.29) is 6.61 Å². The maximum atomic E-state index is 9.90. The van der Waals surface area contributed by atoms with Crippen LogP contribution in [0, 0.1) is 0 Å². The molecule has 126 valence electrons. The van der Waals surface area contributed by atoms with Crippen molar-refractivity contribution >= 4 is 10.9 Å². The van der Waals surface area contributed by atoms with Crippen molar-refractivity contribution in [1.29, 1.82) is 0 Å². The van der Waals surface area contributed by atoms with Crippen LogP contribution in [-0.4, -0.2) is 69.3 Å². The van der Waals surface area contributed by atoms with E-state index in [1.807, 2.05) is 30.5 Å². The monoisotopic (exact) mass is 323 g/mol. The van der Waals surface area contributed by atoms with Gasteiger partial charge in [-0.15, -0.1) is 0 Å².